The highest BCUT2D eigenvalue weighted by Gasteiger charge is 2.34. The molecule has 0 unspecified atom stereocenters. The highest BCUT2D eigenvalue weighted by Crippen LogP contribution is 2.44. The number of halogens is 3. The van der Waals surface area contributed by atoms with Gasteiger partial charge in [-0.2, -0.15) is 0 Å². The zero-order valence-corrected chi connectivity index (χ0v) is 14.3. The minimum Gasteiger partial charge on any atom is -0.250 e. The number of benzene rings is 1. The SMILES string of the molecule is NS(=O)(=O)c1ccc(C2=CC(CF)(CF)C=C2c2ccc(F)cc2)cn1. The summed E-state index contributed by atoms with van der Waals surface area (Å²) in [6.07, 6.45) is 4.18. The highest BCUT2D eigenvalue weighted by molar-refractivity contribution is 7.89. The second-order valence-corrected chi connectivity index (χ2v) is 7.56. The monoisotopic (exact) mass is 380 g/mol. The van der Waals surface area contributed by atoms with Crippen LogP contribution >= 0.6 is 0 Å². The summed E-state index contributed by atoms with van der Waals surface area (Å²) in [5, 5.41) is 4.72. The first kappa shape index (κ1) is 18.3. The first-order valence-electron chi connectivity index (χ1n) is 7.61. The van der Waals surface area contributed by atoms with Crippen molar-refractivity contribution in [2.75, 3.05) is 13.3 Å². The lowest BCUT2D eigenvalue weighted by Crippen LogP contribution is -2.18. The number of allylic oxidation sites excluding steroid dienone is 4. The quantitative estimate of drug-likeness (QED) is 0.865. The van der Waals surface area contributed by atoms with Gasteiger partial charge in [-0.05, 0) is 41.0 Å². The molecule has 3 rings (SSSR count). The van der Waals surface area contributed by atoms with E-state index in [1.165, 1.54) is 54.7 Å². The molecule has 0 saturated heterocycles. The lowest BCUT2D eigenvalue weighted by atomic mass is 9.93. The van der Waals surface area contributed by atoms with Crippen molar-refractivity contribution >= 4 is 21.2 Å². The van der Waals surface area contributed by atoms with Gasteiger partial charge in [0.2, 0.25) is 0 Å². The Hall–Kier alpha value is -2.45. The van der Waals surface area contributed by atoms with Gasteiger partial charge in [-0.3, -0.25) is 0 Å². The first-order valence-corrected chi connectivity index (χ1v) is 9.16. The van der Waals surface area contributed by atoms with Crippen molar-refractivity contribution in [2.45, 2.75) is 5.03 Å². The van der Waals surface area contributed by atoms with E-state index in [-0.39, 0.29) is 5.03 Å². The number of aromatic nitrogens is 1. The number of primary sulfonamides is 1. The van der Waals surface area contributed by atoms with Crippen LogP contribution < -0.4 is 5.14 Å². The molecule has 136 valence electrons. The third kappa shape index (κ3) is 3.42. The van der Waals surface area contributed by atoms with Gasteiger partial charge in [-0.15, -0.1) is 0 Å². The molecule has 0 bridgehead atoms. The number of pyridine rings is 1. The van der Waals surface area contributed by atoms with E-state index in [9.17, 15) is 21.6 Å². The Morgan fingerprint density at radius 2 is 1.46 bits per heavy atom. The lowest BCUT2D eigenvalue weighted by Gasteiger charge is -2.15. The summed E-state index contributed by atoms with van der Waals surface area (Å²) in [5.41, 5.74) is 0.636. The van der Waals surface area contributed by atoms with Crippen LogP contribution in [-0.2, 0) is 10.0 Å². The Kier molecular flexibility index (Phi) is 4.72. The van der Waals surface area contributed by atoms with E-state index in [1.54, 1.807) is 0 Å². The van der Waals surface area contributed by atoms with E-state index >= 15 is 0 Å². The Morgan fingerprint density at radius 1 is 0.923 bits per heavy atom. The standard InChI is InChI=1S/C18H15F3N2O2S/c19-10-18(11-20)7-15(12-1-4-14(21)5-2-12)16(8-18)13-3-6-17(23-9-13)26(22,24)25/h1-9H,10-11H2,(H2,22,24,25). The molecule has 0 amide bonds. The lowest BCUT2D eigenvalue weighted by molar-refractivity contribution is 0.265. The molecule has 0 fully saturated rings. The van der Waals surface area contributed by atoms with Crippen molar-refractivity contribution < 1.29 is 21.6 Å². The number of rotatable bonds is 5. The molecule has 0 aliphatic heterocycles. The molecule has 1 aliphatic carbocycles. The summed E-state index contributed by atoms with van der Waals surface area (Å²) in [4.78, 5) is 3.81. The van der Waals surface area contributed by atoms with E-state index in [0.29, 0.717) is 22.3 Å². The van der Waals surface area contributed by atoms with Gasteiger partial charge in [0.15, 0.2) is 5.03 Å². The molecule has 0 saturated carbocycles. The largest absolute Gasteiger partial charge is 0.255 e. The van der Waals surface area contributed by atoms with Crippen LogP contribution in [-0.4, -0.2) is 26.8 Å². The second kappa shape index (κ2) is 6.69. The van der Waals surface area contributed by atoms with E-state index in [4.69, 9.17) is 5.14 Å². The number of sulfonamides is 1. The van der Waals surface area contributed by atoms with Crippen LogP contribution in [0.5, 0.6) is 0 Å². The van der Waals surface area contributed by atoms with E-state index < -0.39 is 34.6 Å². The van der Waals surface area contributed by atoms with Crippen molar-refractivity contribution in [3.05, 3.63) is 71.7 Å². The first-order chi connectivity index (χ1) is 12.3. The molecular weight excluding hydrogens is 365 g/mol. The zero-order valence-electron chi connectivity index (χ0n) is 13.5. The highest BCUT2D eigenvalue weighted by atomic mass is 32.2. The molecular formula is C18H15F3N2O2S. The fourth-order valence-electron chi connectivity index (χ4n) is 2.78. The van der Waals surface area contributed by atoms with Crippen LogP contribution in [0.15, 0.2) is 59.8 Å². The third-order valence-corrected chi connectivity index (χ3v) is 4.97. The number of nitrogens with zero attached hydrogens (tertiary/aromatic N) is 1. The van der Waals surface area contributed by atoms with Crippen LogP contribution in [0, 0.1) is 11.2 Å². The van der Waals surface area contributed by atoms with Crippen molar-refractivity contribution in [3.8, 4) is 0 Å². The maximum absolute atomic E-state index is 13.5. The predicted octanol–water partition coefficient (Wildman–Crippen LogP) is 3.27. The van der Waals surface area contributed by atoms with Crippen LogP contribution in [0.2, 0.25) is 0 Å². The van der Waals surface area contributed by atoms with Crippen LogP contribution in [0.3, 0.4) is 0 Å². The Bertz CT molecular complexity index is 978. The summed E-state index contributed by atoms with van der Waals surface area (Å²) in [7, 11) is -3.95. The second-order valence-electron chi connectivity index (χ2n) is 6.05. The van der Waals surface area contributed by atoms with Gasteiger partial charge >= 0.3 is 0 Å². The van der Waals surface area contributed by atoms with Gasteiger partial charge in [-0.25, -0.2) is 31.7 Å². The molecule has 26 heavy (non-hydrogen) atoms. The Balaban J connectivity index is 2.10. The van der Waals surface area contributed by atoms with Gasteiger partial charge in [0.05, 0.1) is 5.41 Å². The van der Waals surface area contributed by atoms with Gasteiger partial charge in [0, 0.05) is 11.8 Å². The molecule has 2 aromatic rings. The van der Waals surface area contributed by atoms with Crippen LogP contribution in [0.25, 0.3) is 11.1 Å². The normalized spacial score (nSPS) is 16.3. The molecule has 8 heteroatoms. The summed E-state index contributed by atoms with van der Waals surface area (Å²) in [5.74, 6) is -0.431. The average Bonchev–Trinajstić information content (AvgIpc) is 3.02. The summed E-state index contributed by atoms with van der Waals surface area (Å²) in [6.45, 7) is -1.89. The number of alkyl halides is 2. The van der Waals surface area contributed by atoms with Gasteiger partial charge in [0.25, 0.3) is 10.0 Å². The molecule has 2 N–H and O–H groups in total. The fourth-order valence-corrected chi connectivity index (χ4v) is 3.23. The van der Waals surface area contributed by atoms with Crippen molar-refractivity contribution in [1.82, 2.24) is 4.98 Å². The molecule has 0 radical (unpaired) electrons. The minimum atomic E-state index is -3.95. The summed E-state index contributed by atoms with van der Waals surface area (Å²) in [6, 6.07) is 8.20. The van der Waals surface area contributed by atoms with Crippen LogP contribution in [0.1, 0.15) is 11.1 Å². The summed E-state index contributed by atoms with van der Waals surface area (Å²) < 4.78 is 62.9. The Morgan fingerprint density at radius 3 is 1.92 bits per heavy atom. The van der Waals surface area contributed by atoms with E-state index in [0.717, 1.165) is 0 Å². The van der Waals surface area contributed by atoms with Crippen molar-refractivity contribution in [1.29, 1.82) is 0 Å². The number of hydrogen-bond donors (Lipinski definition) is 1. The third-order valence-electron chi connectivity index (χ3n) is 4.15. The Labute approximate surface area is 148 Å². The molecule has 1 aromatic heterocycles. The van der Waals surface area contributed by atoms with Gasteiger partial charge in [-0.1, -0.05) is 24.3 Å². The van der Waals surface area contributed by atoms with Gasteiger partial charge in [0.1, 0.15) is 19.2 Å². The summed E-state index contributed by atoms with van der Waals surface area (Å²) >= 11 is 0. The number of hydrogen-bond acceptors (Lipinski definition) is 3. The van der Waals surface area contributed by atoms with Gasteiger partial charge < -0.3 is 0 Å². The molecule has 1 aliphatic rings. The molecule has 1 heterocycles. The fraction of sp³-hybridized carbons (Fsp3) is 0.167. The zero-order chi connectivity index (χ0) is 18.9. The average molecular weight is 380 g/mol. The van der Waals surface area contributed by atoms with Crippen molar-refractivity contribution in [2.24, 2.45) is 10.6 Å². The van der Waals surface area contributed by atoms with E-state index in [2.05, 4.69) is 4.98 Å². The maximum Gasteiger partial charge on any atom is 0.255 e. The smallest absolute Gasteiger partial charge is 0.250 e. The van der Waals surface area contributed by atoms with Crippen molar-refractivity contribution in [3.63, 3.8) is 0 Å². The topological polar surface area (TPSA) is 73.1 Å². The number of nitrogens with two attached hydrogens (primary N) is 1. The molecule has 0 atom stereocenters. The van der Waals surface area contributed by atoms with E-state index in [1.807, 2.05) is 0 Å². The molecule has 4 nitrogen and oxygen atoms in total. The minimum absolute atomic E-state index is 0.311. The molecule has 0 spiro atoms. The predicted molar refractivity (Wildman–Crippen MR) is 92.3 cm³/mol. The van der Waals surface area contributed by atoms with Crippen LogP contribution in [0.4, 0.5) is 13.2 Å². The maximum atomic E-state index is 13.5. The molecule has 1 aromatic carbocycles.